The molecule has 0 atom stereocenters. The Morgan fingerprint density at radius 2 is 1.62 bits per heavy atom. The van der Waals surface area contributed by atoms with Crippen LogP contribution >= 0.6 is 0 Å². The number of hydrogen-bond donors (Lipinski definition) is 2. The molecule has 0 saturated carbocycles. The number of amides is 1. The molecule has 2 N–H and O–H groups in total. The minimum absolute atomic E-state index is 0.00649. The van der Waals surface area contributed by atoms with Crippen LogP contribution in [0.15, 0.2) is 0 Å². The number of aliphatic carboxylic acids is 1. The minimum atomic E-state index is -0.935. The van der Waals surface area contributed by atoms with Gasteiger partial charge >= 0.3 is 12.1 Å². The van der Waals surface area contributed by atoms with Crippen LogP contribution in [0.25, 0.3) is 0 Å². The standard InChI is InChI=1S/C7H12N2O4/c10-6(11)5-8-1-3-9(4-2-8)7(12)13/h1-5H2,(H,10,11)(H,12,13). The van der Waals surface area contributed by atoms with Gasteiger partial charge in [-0.1, -0.05) is 0 Å². The summed E-state index contributed by atoms with van der Waals surface area (Å²) in [5.41, 5.74) is 0. The highest BCUT2D eigenvalue weighted by molar-refractivity contribution is 5.69. The molecule has 0 unspecified atom stereocenters. The van der Waals surface area contributed by atoms with E-state index in [9.17, 15) is 9.59 Å². The first kappa shape index (κ1) is 9.79. The topological polar surface area (TPSA) is 81.1 Å². The van der Waals surface area contributed by atoms with E-state index in [4.69, 9.17) is 10.2 Å². The second-order valence-corrected chi connectivity index (χ2v) is 2.94. The van der Waals surface area contributed by atoms with Crippen molar-refractivity contribution in [3.63, 3.8) is 0 Å². The van der Waals surface area contributed by atoms with Crippen LogP contribution < -0.4 is 0 Å². The lowest BCUT2D eigenvalue weighted by Crippen LogP contribution is -2.49. The number of carbonyl (C=O) groups is 2. The van der Waals surface area contributed by atoms with Crippen molar-refractivity contribution in [2.75, 3.05) is 32.7 Å². The molecule has 6 nitrogen and oxygen atoms in total. The second-order valence-electron chi connectivity index (χ2n) is 2.94. The molecule has 13 heavy (non-hydrogen) atoms. The maximum Gasteiger partial charge on any atom is 0.407 e. The molecule has 1 saturated heterocycles. The van der Waals surface area contributed by atoms with E-state index in [1.54, 1.807) is 4.90 Å². The van der Waals surface area contributed by atoms with Gasteiger partial charge in [0.1, 0.15) is 0 Å². The van der Waals surface area contributed by atoms with E-state index in [-0.39, 0.29) is 6.54 Å². The Bertz CT molecular complexity index is 211. The Hall–Kier alpha value is -1.30. The zero-order valence-corrected chi connectivity index (χ0v) is 7.14. The van der Waals surface area contributed by atoms with Crippen LogP contribution in [0, 0.1) is 0 Å². The fourth-order valence-corrected chi connectivity index (χ4v) is 1.29. The van der Waals surface area contributed by atoms with E-state index in [1.165, 1.54) is 4.90 Å². The van der Waals surface area contributed by atoms with E-state index < -0.39 is 12.1 Å². The summed E-state index contributed by atoms with van der Waals surface area (Å²) < 4.78 is 0. The summed E-state index contributed by atoms with van der Waals surface area (Å²) in [4.78, 5) is 23.8. The molecule has 1 rings (SSSR count). The molecule has 0 bridgehead atoms. The molecule has 0 aliphatic carbocycles. The molecule has 0 aromatic rings. The Labute approximate surface area is 75.4 Å². The summed E-state index contributed by atoms with van der Waals surface area (Å²) in [6.45, 7) is 1.77. The molecule has 0 aromatic heterocycles. The monoisotopic (exact) mass is 188 g/mol. The zero-order chi connectivity index (χ0) is 9.84. The third kappa shape index (κ3) is 2.90. The largest absolute Gasteiger partial charge is 0.480 e. The average molecular weight is 188 g/mol. The first-order valence-corrected chi connectivity index (χ1v) is 4.01. The molecule has 6 heteroatoms. The van der Waals surface area contributed by atoms with Crippen LogP contribution in [0.5, 0.6) is 0 Å². The first-order valence-electron chi connectivity index (χ1n) is 4.01. The SMILES string of the molecule is O=C(O)CN1CCN(C(=O)O)CC1. The summed E-state index contributed by atoms with van der Waals surface area (Å²) in [5, 5.41) is 17.1. The number of carboxylic acids is 1. The van der Waals surface area contributed by atoms with Gasteiger partial charge in [0.05, 0.1) is 6.54 Å². The summed E-state index contributed by atoms with van der Waals surface area (Å²) in [7, 11) is 0. The van der Waals surface area contributed by atoms with Crippen molar-refractivity contribution in [3.05, 3.63) is 0 Å². The fraction of sp³-hybridized carbons (Fsp3) is 0.714. The van der Waals surface area contributed by atoms with Crippen molar-refractivity contribution < 1.29 is 19.8 Å². The highest BCUT2D eigenvalue weighted by atomic mass is 16.4. The molecule has 1 amide bonds. The third-order valence-corrected chi connectivity index (χ3v) is 2.00. The average Bonchev–Trinajstić information content (AvgIpc) is 2.04. The lowest BCUT2D eigenvalue weighted by Gasteiger charge is -2.31. The van der Waals surface area contributed by atoms with Gasteiger partial charge in [-0.15, -0.1) is 0 Å². The normalized spacial score (nSPS) is 18.6. The van der Waals surface area contributed by atoms with Crippen molar-refractivity contribution in [2.24, 2.45) is 0 Å². The number of rotatable bonds is 2. The van der Waals surface area contributed by atoms with E-state index >= 15 is 0 Å². The minimum Gasteiger partial charge on any atom is -0.480 e. The van der Waals surface area contributed by atoms with Gasteiger partial charge in [0.25, 0.3) is 0 Å². The Kier molecular flexibility index (Phi) is 3.07. The predicted octanol–water partition coefficient (Wildman–Crippen LogP) is -0.633. The first-order chi connectivity index (χ1) is 6.09. The van der Waals surface area contributed by atoms with Crippen molar-refractivity contribution >= 4 is 12.1 Å². The summed E-state index contributed by atoms with van der Waals surface area (Å²) in [6.07, 6.45) is -0.935. The van der Waals surface area contributed by atoms with Crippen molar-refractivity contribution in [1.29, 1.82) is 0 Å². The van der Waals surface area contributed by atoms with Crippen LogP contribution in [-0.2, 0) is 4.79 Å². The molecular weight excluding hydrogens is 176 g/mol. The molecular formula is C7H12N2O4. The Balaban J connectivity index is 2.30. The number of carboxylic acid groups (broad SMARTS) is 2. The Morgan fingerprint density at radius 3 is 2.00 bits per heavy atom. The van der Waals surface area contributed by atoms with Crippen molar-refractivity contribution in [2.45, 2.75) is 0 Å². The Morgan fingerprint density at radius 1 is 1.08 bits per heavy atom. The second kappa shape index (κ2) is 4.08. The molecule has 1 aliphatic heterocycles. The summed E-state index contributed by atoms with van der Waals surface area (Å²) >= 11 is 0. The molecule has 0 spiro atoms. The maximum absolute atomic E-state index is 10.5. The van der Waals surface area contributed by atoms with Gasteiger partial charge in [0.2, 0.25) is 0 Å². The molecule has 74 valence electrons. The van der Waals surface area contributed by atoms with Gasteiger partial charge < -0.3 is 15.1 Å². The third-order valence-electron chi connectivity index (χ3n) is 2.00. The van der Waals surface area contributed by atoms with Gasteiger partial charge in [0, 0.05) is 26.2 Å². The van der Waals surface area contributed by atoms with E-state index in [0.29, 0.717) is 26.2 Å². The molecule has 1 aliphatic rings. The van der Waals surface area contributed by atoms with Gasteiger partial charge in [-0.05, 0) is 0 Å². The predicted molar refractivity (Wildman–Crippen MR) is 43.7 cm³/mol. The van der Waals surface area contributed by atoms with Crippen LogP contribution in [-0.4, -0.2) is 64.8 Å². The van der Waals surface area contributed by atoms with Gasteiger partial charge in [-0.25, -0.2) is 4.79 Å². The quantitative estimate of drug-likeness (QED) is 0.602. The van der Waals surface area contributed by atoms with Gasteiger partial charge in [-0.3, -0.25) is 9.69 Å². The summed E-state index contributed by atoms with van der Waals surface area (Å²) in [6, 6.07) is 0. The fourth-order valence-electron chi connectivity index (χ4n) is 1.29. The molecule has 0 aromatic carbocycles. The lowest BCUT2D eigenvalue weighted by atomic mass is 10.3. The molecule has 1 heterocycles. The van der Waals surface area contributed by atoms with Crippen LogP contribution in [0.1, 0.15) is 0 Å². The summed E-state index contributed by atoms with van der Waals surface area (Å²) in [5.74, 6) is -0.872. The smallest absolute Gasteiger partial charge is 0.407 e. The van der Waals surface area contributed by atoms with Gasteiger partial charge in [0.15, 0.2) is 0 Å². The van der Waals surface area contributed by atoms with Crippen LogP contribution in [0.4, 0.5) is 4.79 Å². The van der Waals surface area contributed by atoms with Crippen LogP contribution in [0.2, 0.25) is 0 Å². The number of hydrogen-bond acceptors (Lipinski definition) is 3. The maximum atomic E-state index is 10.5. The van der Waals surface area contributed by atoms with Crippen molar-refractivity contribution in [1.82, 2.24) is 9.80 Å². The number of piperazine rings is 1. The van der Waals surface area contributed by atoms with Crippen molar-refractivity contribution in [3.8, 4) is 0 Å². The van der Waals surface area contributed by atoms with E-state index in [0.717, 1.165) is 0 Å². The highest BCUT2D eigenvalue weighted by Gasteiger charge is 2.21. The van der Waals surface area contributed by atoms with E-state index in [1.807, 2.05) is 0 Å². The van der Waals surface area contributed by atoms with E-state index in [2.05, 4.69) is 0 Å². The van der Waals surface area contributed by atoms with Crippen LogP contribution in [0.3, 0.4) is 0 Å². The lowest BCUT2D eigenvalue weighted by molar-refractivity contribution is -0.138. The number of nitrogens with zero attached hydrogens (tertiary/aromatic N) is 2. The highest BCUT2D eigenvalue weighted by Crippen LogP contribution is 2.00. The van der Waals surface area contributed by atoms with Gasteiger partial charge in [-0.2, -0.15) is 0 Å². The molecule has 0 radical (unpaired) electrons. The zero-order valence-electron chi connectivity index (χ0n) is 7.14. The molecule has 1 fully saturated rings.